The molecule has 1 aliphatic heterocycles. The van der Waals surface area contributed by atoms with Crippen molar-refractivity contribution >= 4 is 52.4 Å². The number of halogens is 2. The Hall–Kier alpha value is -3.17. The van der Waals surface area contributed by atoms with Crippen LogP contribution in [0.1, 0.15) is 12.5 Å². The second-order valence-electron chi connectivity index (χ2n) is 6.40. The molecule has 4 amide bonds. The zero-order valence-corrected chi connectivity index (χ0v) is 16.5. The minimum Gasteiger partial charge on any atom is -0.323 e. The minimum absolute atomic E-state index is 0.00761. The summed E-state index contributed by atoms with van der Waals surface area (Å²) in [6.07, 6.45) is 0. The Bertz CT molecular complexity index is 1040. The molecule has 0 radical (unpaired) electrons. The average molecular weight is 437 g/mol. The third-order valence-electron chi connectivity index (χ3n) is 4.42. The van der Waals surface area contributed by atoms with Gasteiger partial charge in [-0.2, -0.15) is 0 Å². The highest BCUT2D eigenvalue weighted by molar-refractivity contribution is 6.34. The maximum Gasteiger partial charge on any atom is 0.325 e. The molecule has 0 unspecified atom stereocenters. The monoisotopic (exact) mass is 436 g/mol. The van der Waals surface area contributed by atoms with E-state index in [1.165, 1.54) is 19.1 Å². The number of non-ortho nitro benzene ring substituents is 1. The zero-order valence-electron chi connectivity index (χ0n) is 14.9. The molecule has 3 rings (SSSR count). The van der Waals surface area contributed by atoms with E-state index in [4.69, 9.17) is 23.2 Å². The smallest absolute Gasteiger partial charge is 0.323 e. The van der Waals surface area contributed by atoms with Gasteiger partial charge in [0.2, 0.25) is 5.91 Å². The summed E-state index contributed by atoms with van der Waals surface area (Å²) in [5, 5.41) is 16.2. The number of imide groups is 1. The fourth-order valence-electron chi connectivity index (χ4n) is 2.95. The summed E-state index contributed by atoms with van der Waals surface area (Å²) in [6.45, 7) is 0.882. The van der Waals surface area contributed by atoms with Crippen LogP contribution in [-0.2, 0) is 15.1 Å². The Morgan fingerprint density at radius 2 is 1.90 bits per heavy atom. The fraction of sp³-hybridized carbons (Fsp3) is 0.167. The van der Waals surface area contributed by atoms with Gasteiger partial charge in [0.05, 0.1) is 15.6 Å². The number of benzene rings is 2. The molecule has 0 bridgehead atoms. The van der Waals surface area contributed by atoms with Crippen molar-refractivity contribution < 1.29 is 19.3 Å². The van der Waals surface area contributed by atoms with Crippen molar-refractivity contribution in [2.45, 2.75) is 12.5 Å². The Labute approximate surface area is 174 Å². The molecule has 2 aromatic carbocycles. The molecule has 0 aromatic heterocycles. The van der Waals surface area contributed by atoms with E-state index < -0.39 is 34.9 Å². The Morgan fingerprint density at radius 3 is 2.55 bits per heavy atom. The van der Waals surface area contributed by atoms with Gasteiger partial charge in [0.1, 0.15) is 12.1 Å². The van der Waals surface area contributed by atoms with E-state index in [0.717, 1.165) is 11.0 Å². The second-order valence-corrected chi connectivity index (χ2v) is 7.21. The molecule has 1 atom stereocenters. The predicted octanol–water partition coefficient (Wildman–Crippen LogP) is 3.31. The molecule has 1 heterocycles. The Balaban J connectivity index is 1.79. The van der Waals surface area contributed by atoms with Gasteiger partial charge in [0, 0.05) is 22.7 Å². The molecule has 1 saturated heterocycles. The summed E-state index contributed by atoms with van der Waals surface area (Å²) in [7, 11) is 0. The quantitative estimate of drug-likeness (QED) is 0.422. The van der Waals surface area contributed by atoms with Gasteiger partial charge in [0.15, 0.2) is 0 Å². The van der Waals surface area contributed by atoms with Crippen LogP contribution in [0.25, 0.3) is 0 Å². The number of nitrogens with zero attached hydrogens (tertiary/aromatic N) is 2. The van der Waals surface area contributed by atoms with Gasteiger partial charge in [-0.25, -0.2) is 4.79 Å². The minimum atomic E-state index is -1.43. The number of carbonyl (C=O) groups excluding carboxylic acids is 3. The van der Waals surface area contributed by atoms with Crippen LogP contribution in [0.2, 0.25) is 10.0 Å². The molecular weight excluding hydrogens is 423 g/mol. The van der Waals surface area contributed by atoms with E-state index >= 15 is 0 Å². The number of carbonyl (C=O) groups is 3. The Morgan fingerprint density at radius 1 is 1.21 bits per heavy atom. The normalized spacial score (nSPS) is 18.5. The van der Waals surface area contributed by atoms with Crippen molar-refractivity contribution in [2.24, 2.45) is 0 Å². The summed E-state index contributed by atoms with van der Waals surface area (Å²) < 4.78 is 0. The van der Waals surface area contributed by atoms with Crippen LogP contribution in [0.3, 0.4) is 0 Å². The van der Waals surface area contributed by atoms with Crippen molar-refractivity contribution in [1.29, 1.82) is 0 Å². The molecule has 0 saturated carbocycles. The van der Waals surface area contributed by atoms with Crippen LogP contribution >= 0.6 is 23.2 Å². The maximum absolute atomic E-state index is 12.9. The van der Waals surface area contributed by atoms with E-state index in [9.17, 15) is 24.5 Å². The van der Waals surface area contributed by atoms with Crippen LogP contribution in [0.15, 0.2) is 42.5 Å². The van der Waals surface area contributed by atoms with Crippen LogP contribution in [0.4, 0.5) is 16.2 Å². The molecule has 11 heteroatoms. The van der Waals surface area contributed by atoms with Gasteiger partial charge in [-0.3, -0.25) is 24.6 Å². The number of rotatable bonds is 5. The van der Waals surface area contributed by atoms with Crippen molar-refractivity contribution in [2.75, 3.05) is 11.9 Å². The van der Waals surface area contributed by atoms with Crippen molar-refractivity contribution in [3.8, 4) is 0 Å². The van der Waals surface area contributed by atoms with Crippen molar-refractivity contribution in [3.63, 3.8) is 0 Å². The summed E-state index contributed by atoms with van der Waals surface area (Å²) in [5.41, 5.74) is -1.32. The van der Waals surface area contributed by atoms with Gasteiger partial charge < -0.3 is 10.6 Å². The number of urea groups is 1. The summed E-state index contributed by atoms with van der Waals surface area (Å²) in [4.78, 5) is 48.6. The van der Waals surface area contributed by atoms with Gasteiger partial charge >= 0.3 is 6.03 Å². The van der Waals surface area contributed by atoms with Gasteiger partial charge in [-0.1, -0.05) is 41.4 Å². The lowest BCUT2D eigenvalue weighted by Gasteiger charge is -2.23. The second kappa shape index (κ2) is 7.69. The first-order chi connectivity index (χ1) is 13.6. The topological polar surface area (TPSA) is 122 Å². The highest BCUT2D eigenvalue weighted by atomic mass is 35.5. The molecular formula is C18H14Cl2N4O5. The molecule has 0 spiro atoms. The number of nitrogens with one attached hydrogen (secondary N) is 2. The number of hydrogen-bond donors (Lipinski definition) is 2. The molecule has 29 heavy (non-hydrogen) atoms. The van der Waals surface area contributed by atoms with E-state index in [-0.39, 0.29) is 16.4 Å². The van der Waals surface area contributed by atoms with Gasteiger partial charge in [0.25, 0.3) is 11.6 Å². The van der Waals surface area contributed by atoms with Crippen molar-refractivity contribution in [1.82, 2.24) is 10.2 Å². The third kappa shape index (κ3) is 3.87. The van der Waals surface area contributed by atoms with Gasteiger partial charge in [-0.05, 0) is 19.1 Å². The van der Waals surface area contributed by atoms with E-state index in [0.29, 0.717) is 10.6 Å². The van der Waals surface area contributed by atoms with Crippen LogP contribution < -0.4 is 10.6 Å². The Kier molecular flexibility index (Phi) is 5.45. The molecule has 150 valence electrons. The summed E-state index contributed by atoms with van der Waals surface area (Å²) in [6, 6.07) is 9.31. The first-order valence-corrected chi connectivity index (χ1v) is 9.02. The zero-order chi connectivity index (χ0) is 21.3. The molecule has 9 nitrogen and oxygen atoms in total. The number of anilines is 1. The largest absolute Gasteiger partial charge is 0.325 e. The first kappa shape index (κ1) is 20.6. The van der Waals surface area contributed by atoms with E-state index in [1.54, 1.807) is 24.3 Å². The van der Waals surface area contributed by atoms with Crippen LogP contribution in [0.5, 0.6) is 0 Å². The molecule has 0 aliphatic carbocycles. The number of nitro groups is 1. The van der Waals surface area contributed by atoms with Crippen molar-refractivity contribution in [3.05, 3.63) is 68.2 Å². The number of hydrogen-bond acceptors (Lipinski definition) is 5. The average Bonchev–Trinajstić information content (AvgIpc) is 2.87. The number of amides is 4. The summed E-state index contributed by atoms with van der Waals surface area (Å²) >= 11 is 12.1. The summed E-state index contributed by atoms with van der Waals surface area (Å²) in [5.74, 6) is -1.41. The molecule has 1 fully saturated rings. The fourth-order valence-corrected chi connectivity index (χ4v) is 3.44. The molecule has 2 N–H and O–H groups in total. The first-order valence-electron chi connectivity index (χ1n) is 8.26. The lowest BCUT2D eigenvalue weighted by atomic mass is 9.92. The van der Waals surface area contributed by atoms with Crippen LogP contribution in [0, 0.1) is 10.1 Å². The maximum atomic E-state index is 12.9. The lowest BCUT2D eigenvalue weighted by molar-refractivity contribution is -0.384. The number of nitro benzene ring substituents is 1. The van der Waals surface area contributed by atoms with Gasteiger partial charge in [-0.15, -0.1) is 0 Å². The molecule has 2 aromatic rings. The highest BCUT2D eigenvalue weighted by Crippen LogP contribution is 2.33. The van der Waals surface area contributed by atoms with Crippen LogP contribution in [-0.4, -0.2) is 34.2 Å². The third-order valence-corrected chi connectivity index (χ3v) is 5.08. The van der Waals surface area contributed by atoms with E-state index in [1.807, 2.05) is 0 Å². The standard InChI is InChI=1S/C18H14Cl2N4O5/c1-18(11-4-2-3-5-12(11)19)16(26)23(17(27)22-18)9-15(25)21-14-8-10(24(28)29)6-7-13(14)20/h2-8H,9H2,1H3,(H,21,25)(H,22,27)/t18-/m0/s1. The predicted molar refractivity (Wildman–Crippen MR) is 106 cm³/mol. The van der Waals surface area contributed by atoms with E-state index in [2.05, 4.69) is 10.6 Å². The SMILES string of the molecule is C[C@@]1(c2ccccc2Cl)NC(=O)N(CC(=O)Nc2cc([N+](=O)[O-])ccc2Cl)C1=O. The molecule has 1 aliphatic rings. The lowest BCUT2D eigenvalue weighted by Crippen LogP contribution is -2.42. The highest BCUT2D eigenvalue weighted by Gasteiger charge is 2.50.